The zero-order chi connectivity index (χ0) is 14.2. The van der Waals surface area contributed by atoms with Gasteiger partial charge in [0.1, 0.15) is 5.78 Å². The van der Waals surface area contributed by atoms with Crippen molar-refractivity contribution >= 4 is 5.78 Å². The first-order chi connectivity index (χ1) is 10.3. The van der Waals surface area contributed by atoms with Crippen molar-refractivity contribution in [2.45, 2.75) is 31.6 Å². The molecule has 0 heterocycles. The fourth-order valence-corrected chi connectivity index (χ4v) is 3.82. The van der Waals surface area contributed by atoms with Gasteiger partial charge in [-0.15, -0.1) is 0 Å². The zero-order valence-corrected chi connectivity index (χ0v) is 12.2. The quantitative estimate of drug-likeness (QED) is 0.822. The number of hydrogen-bond donors (Lipinski definition) is 0. The van der Waals surface area contributed by atoms with Crippen LogP contribution in [0.3, 0.4) is 0 Å². The number of carbonyl (C=O) groups excluding carboxylic acids is 1. The van der Waals surface area contributed by atoms with E-state index in [9.17, 15) is 4.79 Å². The average Bonchev–Trinajstić information content (AvgIpc) is 3.35. The van der Waals surface area contributed by atoms with E-state index in [2.05, 4.69) is 48.5 Å². The van der Waals surface area contributed by atoms with E-state index >= 15 is 0 Å². The van der Waals surface area contributed by atoms with Gasteiger partial charge in [0.2, 0.25) is 0 Å². The molecule has 0 radical (unpaired) electrons. The van der Waals surface area contributed by atoms with Crippen molar-refractivity contribution in [2.75, 3.05) is 0 Å². The molecule has 1 nitrogen and oxygen atoms in total. The van der Waals surface area contributed by atoms with Crippen LogP contribution in [-0.4, -0.2) is 5.78 Å². The third-order valence-electron chi connectivity index (χ3n) is 5.13. The highest BCUT2D eigenvalue weighted by Crippen LogP contribution is 2.50. The molecule has 4 rings (SSSR count). The van der Waals surface area contributed by atoms with Crippen LogP contribution in [0.4, 0.5) is 0 Å². The lowest BCUT2D eigenvalue weighted by Gasteiger charge is -2.23. The van der Waals surface area contributed by atoms with Gasteiger partial charge in [-0.25, -0.2) is 0 Å². The molecule has 0 saturated heterocycles. The molecule has 0 spiro atoms. The van der Waals surface area contributed by atoms with Crippen LogP contribution in [0.15, 0.2) is 54.6 Å². The van der Waals surface area contributed by atoms with Crippen LogP contribution >= 0.6 is 0 Å². The standard InChI is InChI=1S/C20H20O/c21-20(19-13-18(19)15-7-2-1-3-8-15)17-11-10-14-6-4-5-9-16(14)12-17/h1-9,17-19H,10-13H2. The molecular weight excluding hydrogens is 256 g/mol. The highest BCUT2D eigenvalue weighted by molar-refractivity contribution is 5.87. The third-order valence-corrected chi connectivity index (χ3v) is 5.13. The van der Waals surface area contributed by atoms with Crippen molar-refractivity contribution in [1.82, 2.24) is 0 Å². The smallest absolute Gasteiger partial charge is 0.140 e. The number of aryl methyl sites for hydroxylation is 1. The minimum Gasteiger partial charge on any atom is -0.299 e. The molecule has 3 unspecified atom stereocenters. The Balaban J connectivity index is 1.46. The Kier molecular flexibility index (Phi) is 3.14. The van der Waals surface area contributed by atoms with Crippen molar-refractivity contribution < 1.29 is 4.79 Å². The highest BCUT2D eigenvalue weighted by atomic mass is 16.1. The highest BCUT2D eigenvalue weighted by Gasteiger charge is 2.46. The van der Waals surface area contributed by atoms with Gasteiger partial charge in [-0.2, -0.15) is 0 Å². The van der Waals surface area contributed by atoms with E-state index in [1.54, 1.807) is 0 Å². The molecule has 0 bridgehead atoms. The molecule has 2 aromatic rings. The lowest BCUT2D eigenvalue weighted by molar-refractivity contribution is -0.124. The van der Waals surface area contributed by atoms with Crippen LogP contribution in [0.2, 0.25) is 0 Å². The lowest BCUT2D eigenvalue weighted by atomic mass is 9.80. The van der Waals surface area contributed by atoms with E-state index in [4.69, 9.17) is 0 Å². The Hall–Kier alpha value is -1.89. The SMILES string of the molecule is O=C(C1CCc2ccccc2C1)C1CC1c1ccccc1. The normalized spacial score (nSPS) is 27.0. The maximum Gasteiger partial charge on any atom is 0.140 e. The number of carbonyl (C=O) groups is 1. The predicted octanol–water partition coefficient (Wildman–Crippen LogP) is 4.16. The summed E-state index contributed by atoms with van der Waals surface area (Å²) in [4.78, 5) is 12.8. The minimum atomic E-state index is 0.249. The molecular formula is C20H20O. The van der Waals surface area contributed by atoms with Crippen LogP contribution in [0.5, 0.6) is 0 Å². The topological polar surface area (TPSA) is 17.1 Å². The molecule has 0 aromatic heterocycles. The fourth-order valence-electron chi connectivity index (χ4n) is 3.82. The van der Waals surface area contributed by atoms with Gasteiger partial charge in [-0.05, 0) is 48.3 Å². The van der Waals surface area contributed by atoms with Gasteiger partial charge >= 0.3 is 0 Å². The molecule has 1 saturated carbocycles. The van der Waals surface area contributed by atoms with E-state index in [0.717, 1.165) is 25.7 Å². The van der Waals surface area contributed by atoms with Gasteiger partial charge in [0, 0.05) is 11.8 Å². The summed E-state index contributed by atoms with van der Waals surface area (Å²) in [6, 6.07) is 19.1. The summed E-state index contributed by atoms with van der Waals surface area (Å²) < 4.78 is 0. The second-order valence-electron chi connectivity index (χ2n) is 6.47. The van der Waals surface area contributed by atoms with Crippen molar-refractivity contribution in [2.24, 2.45) is 11.8 Å². The van der Waals surface area contributed by atoms with Gasteiger partial charge in [0.25, 0.3) is 0 Å². The summed E-state index contributed by atoms with van der Waals surface area (Å²) in [6.45, 7) is 0. The summed E-state index contributed by atoms with van der Waals surface area (Å²) in [6.07, 6.45) is 4.11. The first-order valence-corrected chi connectivity index (χ1v) is 7.98. The Morgan fingerprint density at radius 2 is 1.62 bits per heavy atom. The number of rotatable bonds is 3. The van der Waals surface area contributed by atoms with Crippen molar-refractivity contribution in [3.63, 3.8) is 0 Å². The minimum absolute atomic E-state index is 0.249. The second-order valence-corrected chi connectivity index (χ2v) is 6.47. The lowest BCUT2D eigenvalue weighted by Crippen LogP contribution is -2.24. The van der Waals surface area contributed by atoms with Gasteiger partial charge in [0.05, 0.1) is 0 Å². The summed E-state index contributed by atoms with van der Waals surface area (Å²) in [5, 5.41) is 0. The predicted molar refractivity (Wildman–Crippen MR) is 84.3 cm³/mol. The number of benzene rings is 2. The van der Waals surface area contributed by atoms with Crippen molar-refractivity contribution in [1.29, 1.82) is 0 Å². The molecule has 1 fully saturated rings. The Morgan fingerprint density at radius 3 is 2.43 bits per heavy atom. The maximum absolute atomic E-state index is 12.8. The largest absolute Gasteiger partial charge is 0.299 e. The zero-order valence-electron chi connectivity index (χ0n) is 12.2. The Labute approximate surface area is 126 Å². The molecule has 106 valence electrons. The monoisotopic (exact) mass is 276 g/mol. The van der Waals surface area contributed by atoms with Crippen LogP contribution in [0.1, 0.15) is 35.4 Å². The van der Waals surface area contributed by atoms with Crippen molar-refractivity contribution in [3.05, 3.63) is 71.3 Å². The van der Waals surface area contributed by atoms with Gasteiger partial charge in [-0.3, -0.25) is 4.79 Å². The van der Waals surface area contributed by atoms with Crippen LogP contribution in [0.25, 0.3) is 0 Å². The van der Waals surface area contributed by atoms with Gasteiger partial charge in [-0.1, -0.05) is 54.6 Å². The molecule has 0 amide bonds. The average molecular weight is 276 g/mol. The van der Waals surface area contributed by atoms with E-state index in [1.165, 1.54) is 16.7 Å². The molecule has 2 aliphatic carbocycles. The second kappa shape index (κ2) is 5.14. The summed E-state index contributed by atoms with van der Waals surface area (Å²) >= 11 is 0. The molecule has 21 heavy (non-hydrogen) atoms. The van der Waals surface area contributed by atoms with E-state index in [0.29, 0.717) is 11.7 Å². The first kappa shape index (κ1) is 12.8. The Bertz CT molecular complexity index is 659. The number of ketones is 1. The molecule has 3 atom stereocenters. The Morgan fingerprint density at radius 1 is 0.905 bits per heavy atom. The van der Waals surface area contributed by atoms with Crippen LogP contribution in [-0.2, 0) is 17.6 Å². The van der Waals surface area contributed by atoms with Gasteiger partial charge < -0.3 is 0 Å². The van der Waals surface area contributed by atoms with Crippen LogP contribution < -0.4 is 0 Å². The van der Waals surface area contributed by atoms with E-state index < -0.39 is 0 Å². The number of hydrogen-bond acceptors (Lipinski definition) is 1. The summed E-state index contributed by atoms with van der Waals surface area (Å²) in [7, 11) is 0. The molecule has 0 N–H and O–H groups in total. The molecule has 1 heteroatoms. The number of fused-ring (bicyclic) bond motifs is 1. The van der Waals surface area contributed by atoms with Crippen LogP contribution in [0, 0.1) is 11.8 Å². The molecule has 2 aromatic carbocycles. The molecule has 0 aliphatic heterocycles. The molecule has 2 aliphatic rings. The van der Waals surface area contributed by atoms with E-state index in [1.807, 2.05) is 6.07 Å². The van der Waals surface area contributed by atoms with Gasteiger partial charge in [0.15, 0.2) is 0 Å². The number of Topliss-reactive ketones (excluding diaryl/α,β-unsaturated/α-hetero) is 1. The van der Waals surface area contributed by atoms with Crippen molar-refractivity contribution in [3.8, 4) is 0 Å². The summed E-state index contributed by atoms with van der Waals surface area (Å²) in [5.41, 5.74) is 4.17. The summed E-state index contributed by atoms with van der Waals surface area (Å²) in [5.74, 6) is 1.52. The van der Waals surface area contributed by atoms with E-state index in [-0.39, 0.29) is 11.8 Å². The maximum atomic E-state index is 12.8. The third kappa shape index (κ3) is 2.42. The fraction of sp³-hybridized carbons (Fsp3) is 0.350. The first-order valence-electron chi connectivity index (χ1n) is 7.98.